The van der Waals surface area contributed by atoms with Crippen molar-refractivity contribution in [3.63, 3.8) is 0 Å². The van der Waals surface area contributed by atoms with Gasteiger partial charge in [0.1, 0.15) is 5.84 Å². The summed E-state index contributed by atoms with van der Waals surface area (Å²) in [4.78, 5) is 6.88. The quantitative estimate of drug-likeness (QED) is 0.111. The third-order valence-electron chi connectivity index (χ3n) is 8.47. The van der Waals surface area contributed by atoms with E-state index in [0.717, 1.165) is 23.6 Å². The summed E-state index contributed by atoms with van der Waals surface area (Å²) in [5.41, 5.74) is 9.64. The largest absolute Gasteiger partial charge is 0.299 e. The third-order valence-corrected chi connectivity index (χ3v) is 8.47. The number of aliphatic imine (C=N–C) groups is 1. The van der Waals surface area contributed by atoms with Crippen LogP contribution in [0.1, 0.15) is 13.3 Å². The van der Waals surface area contributed by atoms with Crippen molar-refractivity contribution in [3.8, 4) is 33.4 Å². The number of hydrogen-bond donors (Lipinski definition) is 0. The van der Waals surface area contributed by atoms with Gasteiger partial charge in [-0.25, -0.2) is 0 Å². The summed E-state index contributed by atoms with van der Waals surface area (Å²) in [6.45, 7) is 2.15. The second kappa shape index (κ2) is 12.0. The van der Waals surface area contributed by atoms with Crippen LogP contribution >= 0.6 is 0 Å². The first-order valence-corrected chi connectivity index (χ1v) is 15.3. The fraction of sp³-hybridized carbons (Fsp3) is 0.0714. The van der Waals surface area contributed by atoms with Gasteiger partial charge in [0.05, 0.1) is 0 Å². The maximum Gasteiger partial charge on any atom is 0.107 e. The van der Waals surface area contributed by atoms with Gasteiger partial charge in [0.2, 0.25) is 0 Å². The van der Waals surface area contributed by atoms with E-state index < -0.39 is 0 Å². The Kier molecular flexibility index (Phi) is 7.48. The highest BCUT2D eigenvalue weighted by Gasteiger charge is 2.18. The van der Waals surface area contributed by atoms with E-state index in [1.807, 2.05) is 7.05 Å². The van der Waals surface area contributed by atoms with Crippen LogP contribution in [-0.4, -0.2) is 12.9 Å². The first-order chi connectivity index (χ1) is 21.8. The number of para-hydroxylation sites is 1. The van der Waals surface area contributed by atoms with E-state index in [1.165, 1.54) is 54.9 Å². The second-order valence-corrected chi connectivity index (χ2v) is 11.0. The average Bonchev–Trinajstić information content (AvgIpc) is 3.10. The summed E-state index contributed by atoms with van der Waals surface area (Å²) in [7, 11) is 1.87. The van der Waals surface area contributed by atoms with E-state index in [2.05, 4.69) is 175 Å². The standard InChI is InChI=1S/C42H34N2/c1-3-40(43-2)44(34-16-8-5-9-17-34)35-28-26-33(27-29-35)42-38-20-12-10-18-36(38)41(37-19-11-13-21-39(37)42)32-24-22-31(23-25-32)30-14-6-4-7-15-30/h4-29H,3H2,1-2H3. The number of nitrogens with zero attached hydrogens (tertiary/aromatic N) is 2. The molecule has 0 amide bonds. The molecule has 0 N–H and O–H groups in total. The monoisotopic (exact) mass is 566 g/mol. The minimum Gasteiger partial charge on any atom is -0.299 e. The van der Waals surface area contributed by atoms with Crippen LogP contribution in [0, 0.1) is 0 Å². The van der Waals surface area contributed by atoms with E-state index in [0.29, 0.717) is 0 Å². The molecular formula is C42H34N2. The smallest absolute Gasteiger partial charge is 0.107 e. The normalized spacial score (nSPS) is 11.6. The third kappa shape index (κ3) is 4.95. The predicted octanol–water partition coefficient (Wildman–Crippen LogP) is 11.6. The lowest BCUT2D eigenvalue weighted by Gasteiger charge is -2.26. The molecule has 0 saturated heterocycles. The van der Waals surface area contributed by atoms with Gasteiger partial charge in [0, 0.05) is 24.8 Å². The summed E-state index contributed by atoms with van der Waals surface area (Å²) in [5.74, 6) is 1.03. The maximum atomic E-state index is 4.63. The minimum absolute atomic E-state index is 0.843. The Bertz CT molecular complexity index is 2020. The number of fused-ring (bicyclic) bond motifs is 2. The highest BCUT2D eigenvalue weighted by atomic mass is 15.2. The van der Waals surface area contributed by atoms with Crippen LogP contribution in [0.4, 0.5) is 11.4 Å². The van der Waals surface area contributed by atoms with Crippen molar-refractivity contribution in [3.05, 3.63) is 158 Å². The molecule has 0 atom stereocenters. The highest BCUT2D eigenvalue weighted by molar-refractivity contribution is 6.21. The first kappa shape index (κ1) is 27.4. The molecule has 2 nitrogen and oxygen atoms in total. The maximum absolute atomic E-state index is 4.63. The van der Waals surface area contributed by atoms with Crippen LogP contribution in [0.5, 0.6) is 0 Å². The van der Waals surface area contributed by atoms with Crippen molar-refractivity contribution in [2.45, 2.75) is 13.3 Å². The van der Waals surface area contributed by atoms with Crippen LogP contribution in [0.15, 0.2) is 163 Å². The van der Waals surface area contributed by atoms with Gasteiger partial charge < -0.3 is 0 Å². The van der Waals surface area contributed by atoms with E-state index in [-0.39, 0.29) is 0 Å². The van der Waals surface area contributed by atoms with Gasteiger partial charge in [-0.05, 0) is 79.2 Å². The lowest BCUT2D eigenvalue weighted by Crippen LogP contribution is -2.25. The van der Waals surface area contributed by atoms with Crippen LogP contribution < -0.4 is 4.90 Å². The molecule has 0 saturated carbocycles. The molecule has 7 aromatic carbocycles. The molecule has 0 aliphatic carbocycles. The molecule has 0 aliphatic heterocycles. The lowest BCUT2D eigenvalue weighted by molar-refractivity contribution is 1.16. The molecular weight excluding hydrogens is 532 g/mol. The van der Waals surface area contributed by atoms with Crippen molar-refractivity contribution in [1.82, 2.24) is 0 Å². The van der Waals surface area contributed by atoms with Crippen LogP contribution in [0.3, 0.4) is 0 Å². The fourth-order valence-electron chi connectivity index (χ4n) is 6.43. The molecule has 0 heterocycles. The molecule has 0 fully saturated rings. The van der Waals surface area contributed by atoms with Gasteiger partial charge in [-0.15, -0.1) is 0 Å². The number of rotatable bonds is 6. The molecule has 7 aromatic rings. The van der Waals surface area contributed by atoms with Gasteiger partial charge in [-0.1, -0.05) is 140 Å². The molecule has 2 heteroatoms. The zero-order valence-corrected chi connectivity index (χ0v) is 25.1. The first-order valence-electron chi connectivity index (χ1n) is 15.3. The van der Waals surface area contributed by atoms with E-state index >= 15 is 0 Å². The topological polar surface area (TPSA) is 15.6 Å². The number of hydrogen-bond acceptors (Lipinski definition) is 1. The Morgan fingerprint density at radius 1 is 0.432 bits per heavy atom. The molecule has 0 radical (unpaired) electrons. The second-order valence-electron chi connectivity index (χ2n) is 11.0. The minimum atomic E-state index is 0.843. The molecule has 0 aromatic heterocycles. The number of benzene rings is 7. The molecule has 0 unspecified atom stereocenters. The van der Waals surface area contributed by atoms with Gasteiger partial charge in [0.15, 0.2) is 0 Å². The molecule has 44 heavy (non-hydrogen) atoms. The van der Waals surface area contributed by atoms with Crippen LogP contribution in [0.25, 0.3) is 54.9 Å². The Balaban J connectivity index is 1.38. The lowest BCUT2D eigenvalue weighted by atomic mass is 9.85. The summed E-state index contributed by atoms with van der Waals surface area (Å²) in [6.07, 6.45) is 0.843. The van der Waals surface area contributed by atoms with E-state index in [4.69, 9.17) is 0 Å². The van der Waals surface area contributed by atoms with Gasteiger partial charge in [-0.3, -0.25) is 9.89 Å². The Labute approximate surface area is 259 Å². The number of amidine groups is 1. The summed E-state index contributed by atoms with van der Waals surface area (Å²) in [6, 6.07) is 56.7. The molecule has 0 spiro atoms. The van der Waals surface area contributed by atoms with Gasteiger partial charge in [0.25, 0.3) is 0 Å². The van der Waals surface area contributed by atoms with Crippen molar-refractivity contribution >= 4 is 38.8 Å². The van der Waals surface area contributed by atoms with E-state index in [9.17, 15) is 0 Å². The Morgan fingerprint density at radius 2 is 0.795 bits per heavy atom. The van der Waals surface area contributed by atoms with Crippen molar-refractivity contribution in [2.75, 3.05) is 11.9 Å². The van der Waals surface area contributed by atoms with E-state index in [1.54, 1.807) is 0 Å². The average molecular weight is 567 g/mol. The predicted molar refractivity (Wildman–Crippen MR) is 190 cm³/mol. The summed E-state index contributed by atoms with van der Waals surface area (Å²) in [5, 5.41) is 5.03. The van der Waals surface area contributed by atoms with Crippen molar-refractivity contribution in [2.24, 2.45) is 4.99 Å². The SMILES string of the molecule is CCC(=NC)N(c1ccccc1)c1ccc(-c2c3ccccc3c(-c3ccc(-c4ccccc4)cc3)c3ccccc23)cc1. The molecule has 7 rings (SSSR count). The highest BCUT2D eigenvalue weighted by Crippen LogP contribution is 2.44. The Hall–Kier alpha value is -5.47. The van der Waals surface area contributed by atoms with Crippen molar-refractivity contribution < 1.29 is 0 Å². The zero-order valence-electron chi connectivity index (χ0n) is 25.1. The van der Waals surface area contributed by atoms with Crippen LogP contribution in [0.2, 0.25) is 0 Å². The number of anilines is 2. The Morgan fingerprint density at radius 3 is 1.25 bits per heavy atom. The molecule has 0 bridgehead atoms. The van der Waals surface area contributed by atoms with Gasteiger partial charge in [-0.2, -0.15) is 0 Å². The molecule has 212 valence electrons. The molecule has 0 aliphatic rings. The van der Waals surface area contributed by atoms with Crippen molar-refractivity contribution in [1.29, 1.82) is 0 Å². The summed E-state index contributed by atoms with van der Waals surface area (Å²) >= 11 is 0. The summed E-state index contributed by atoms with van der Waals surface area (Å²) < 4.78 is 0. The fourth-order valence-corrected chi connectivity index (χ4v) is 6.43. The zero-order chi connectivity index (χ0) is 29.9. The van der Waals surface area contributed by atoms with Gasteiger partial charge >= 0.3 is 0 Å². The van der Waals surface area contributed by atoms with Crippen LogP contribution in [-0.2, 0) is 0 Å².